The Morgan fingerprint density at radius 1 is 1.13 bits per heavy atom. The van der Waals surface area contributed by atoms with Gasteiger partial charge in [-0.1, -0.05) is 6.92 Å². The standard InChI is InChI=1S/C22H44N6O3/c1-9-23-20(24-14-18(4)15-26(8)21(30)31-22(5,6)7)28-12-10-27(11-13-28)16-19(29)25-17(2)3/h17-18H,9-16H2,1-8H3,(H,23,24)(H,25,29). The SMILES string of the molecule is CCNC(=NCC(C)CN(C)C(=O)OC(C)(C)C)N1CCN(CC(=O)NC(C)C)CC1. The summed E-state index contributed by atoms with van der Waals surface area (Å²) in [7, 11) is 1.76. The van der Waals surface area contributed by atoms with Crippen LogP contribution in [-0.4, -0.2) is 104 Å². The number of hydrogen-bond donors (Lipinski definition) is 2. The highest BCUT2D eigenvalue weighted by Crippen LogP contribution is 2.10. The molecule has 0 aliphatic carbocycles. The normalized spacial score (nSPS) is 16.8. The van der Waals surface area contributed by atoms with Gasteiger partial charge in [-0.3, -0.25) is 14.7 Å². The molecule has 1 aliphatic heterocycles. The summed E-state index contributed by atoms with van der Waals surface area (Å²) >= 11 is 0. The first-order valence-corrected chi connectivity index (χ1v) is 11.4. The second kappa shape index (κ2) is 12.7. The van der Waals surface area contributed by atoms with Crippen LogP contribution in [0.15, 0.2) is 4.99 Å². The fourth-order valence-corrected chi connectivity index (χ4v) is 3.30. The number of nitrogens with one attached hydrogen (secondary N) is 2. The Balaban J connectivity index is 2.54. The van der Waals surface area contributed by atoms with Gasteiger partial charge >= 0.3 is 6.09 Å². The lowest BCUT2D eigenvalue weighted by Crippen LogP contribution is -2.54. The summed E-state index contributed by atoms with van der Waals surface area (Å²) in [5.41, 5.74) is -0.497. The molecule has 180 valence electrons. The van der Waals surface area contributed by atoms with Crippen molar-refractivity contribution >= 4 is 18.0 Å². The van der Waals surface area contributed by atoms with Crippen LogP contribution in [0.3, 0.4) is 0 Å². The molecule has 1 saturated heterocycles. The van der Waals surface area contributed by atoms with Gasteiger partial charge in [-0.15, -0.1) is 0 Å². The molecule has 31 heavy (non-hydrogen) atoms. The number of amides is 2. The van der Waals surface area contributed by atoms with Crippen LogP contribution >= 0.6 is 0 Å². The molecule has 1 atom stereocenters. The molecule has 0 radical (unpaired) electrons. The molecule has 2 N–H and O–H groups in total. The lowest BCUT2D eigenvalue weighted by molar-refractivity contribution is -0.123. The van der Waals surface area contributed by atoms with Gasteiger partial charge in [-0.2, -0.15) is 0 Å². The highest BCUT2D eigenvalue weighted by molar-refractivity contribution is 5.80. The first-order chi connectivity index (χ1) is 14.4. The number of piperazine rings is 1. The Hall–Kier alpha value is -2.03. The van der Waals surface area contributed by atoms with Gasteiger partial charge in [0, 0.05) is 58.9 Å². The number of rotatable bonds is 8. The van der Waals surface area contributed by atoms with Crippen LogP contribution in [0.5, 0.6) is 0 Å². The van der Waals surface area contributed by atoms with E-state index in [4.69, 9.17) is 9.73 Å². The maximum absolute atomic E-state index is 12.2. The molecule has 0 spiro atoms. The van der Waals surface area contributed by atoms with Crippen LogP contribution in [0.2, 0.25) is 0 Å². The summed E-state index contributed by atoms with van der Waals surface area (Å²) in [6, 6.07) is 0.164. The Labute approximate surface area is 188 Å². The molecule has 1 heterocycles. The summed E-state index contributed by atoms with van der Waals surface area (Å²) in [6.45, 7) is 19.4. The van der Waals surface area contributed by atoms with E-state index in [9.17, 15) is 9.59 Å². The van der Waals surface area contributed by atoms with Crippen molar-refractivity contribution in [2.75, 3.05) is 59.4 Å². The summed E-state index contributed by atoms with van der Waals surface area (Å²) in [6.07, 6.45) is -0.312. The monoisotopic (exact) mass is 440 g/mol. The molecule has 0 saturated carbocycles. The van der Waals surface area contributed by atoms with E-state index in [0.717, 1.165) is 38.7 Å². The number of carbonyl (C=O) groups excluding carboxylic acids is 2. The average molecular weight is 441 g/mol. The number of nitrogens with zero attached hydrogens (tertiary/aromatic N) is 4. The van der Waals surface area contributed by atoms with Crippen LogP contribution in [0.4, 0.5) is 4.79 Å². The van der Waals surface area contributed by atoms with Crippen LogP contribution < -0.4 is 10.6 Å². The number of aliphatic imine (C=N–C) groups is 1. The zero-order chi connectivity index (χ0) is 23.6. The topological polar surface area (TPSA) is 89.5 Å². The molecular weight excluding hydrogens is 396 g/mol. The van der Waals surface area contributed by atoms with Crippen molar-refractivity contribution in [2.45, 2.75) is 60.1 Å². The summed E-state index contributed by atoms with van der Waals surface area (Å²) in [5, 5.41) is 6.32. The van der Waals surface area contributed by atoms with Gasteiger partial charge in [0.2, 0.25) is 5.91 Å². The Morgan fingerprint density at radius 3 is 2.26 bits per heavy atom. The van der Waals surface area contributed by atoms with Crippen LogP contribution in [0, 0.1) is 5.92 Å². The van der Waals surface area contributed by atoms with E-state index >= 15 is 0 Å². The van der Waals surface area contributed by atoms with Gasteiger partial charge in [-0.25, -0.2) is 4.79 Å². The van der Waals surface area contributed by atoms with Crippen molar-refractivity contribution in [1.82, 2.24) is 25.3 Å². The van der Waals surface area contributed by atoms with Crippen molar-refractivity contribution in [3.05, 3.63) is 0 Å². The first-order valence-electron chi connectivity index (χ1n) is 11.4. The molecule has 1 rings (SSSR count). The Bertz CT molecular complexity index is 595. The zero-order valence-electron chi connectivity index (χ0n) is 20.8. The van der Waals surface area contributed by atoms with Gasteiger partial charge < -0.3 is 25.2 Å². The van der Waals surface area contributed by atoms with E-state index in [1.54, 1.807) is 11.9 Å². The maximum atomic E-state index is 12.2. The number of guanidine groups is 1. The molecule has 0 aromatic carbocycles. The maximum Gasteiger partial charge on any atom is 0.410 e. The van der Waals surface area contributed by atoms with Gasteiger partial charge in [-0.05, 0) is 47.5 Å². The molecule has 1 unspecified atom stereocenters. The summed E-state index contributed by atoms with van der Waals surface area (Å²) < 4.78 is 5.42. The first kappa shape index (κ1) is 27.0. The van der Waals surface area contributed by atoms with E-state index in [0.29, 0.717) is 19.6 Å². The third-order valence-corrected chi connectivity index (χ3v) is 4.67. The fourth-order valence-electron chi connectivity index (χ4n) is 3.30. The zero-order valence-corrected chi connectivity index (χ0v) is 20.8. The van der Waals surface area contributed by atoms with Crippen molar-refractivity contribution in [3.63, 3.8) is 0 Å². The highest BCUT2D eigenvalue weighted by Gasteiger charge is 2.23. The van der Waals surface area contributed by atoms with E-state index in [2.05, 4.69) is 34.3 Å². The van der Waals surface area contributed by atoms with Gasteiger partial charge in [0.1, 0.15) is 5.60 Å². The molecule has 0 bridgehead atoms. The lowest BCUT2D eigenvalue weighted by atomic mass is 10.2. The average Bonchev–Trinajstić information content (AvgIpc) is 2.63. The van der Waals surface area contributed by atoms with E-state index in [1.807, 2.05) is 34.6 Å². The molecule has 1 aliphatic rings. The molecule has 0 aromatic heterocycles. The molecule has 1 fully saturated rings. The smallest absolute Gasteiger partial charge is 0.410 e. The van der Waals surface area contributed by atoms with Crippen LogP contribution in [-0.2, 0) is 9.53 Å². The van der Waals surface area contributed by atoms with Crippen molar-refractivity contribution < 1.29 is 14.3 Å². The summed E-state index contributed by atoms with van der Waals surface area (Å²) in [4.78, 5) is 35.0. The third-order valence-electron chi connectivity index (χ3n) is 4.67. The minimum absolute atomic E-state index is 0.0759. The second-order valence-electron chi connectivity index (χ2n) is 9.65. The molecule has 9 heteroatoms. The molecule has 9 nitrogen and oxygen atoms in total. The number of hydrogen-bond acceptors (Lipinski definition) is 5. The van der Waals surface area contributed by atoms with Gasteiger partial charge in [0.15, 0.2) is 5.96 Å². The quantitative estimate of drug-likeness (QED) is 0.440. The minimum atomic E-state index is -0.497. The Morgan fingerprint density at radius 2 is 1.74 bits per heavy atom. The predicted molar refractivity (Wildman–Crippen MR) is 125 cm³/mol. The minimum Gasteiger partial charge on any atom is -0.444 e. The predicted octanol–water partition coefficient (Wildman–Crippen LogP) is 1.60. The van der Waals surface area contributed by atoms with E-state index < -0.39 is 5.60 Å². The molecule has 2 amide bonds. The van der Waals surface area contributed by atoms with Crippen molar-refractivity contribution in [2.24, 2.45) is 10.9 Å². The van der Waals surface area contributed by atoms with Gasteiger partial charge in [0.25, 0.3) is 0 Å². The highest BCUT2D eigenvalue weighted by atomic mass is 16.6. The number of carbonyl (C=O) groups is 2. The van der Waals surface area contributed by atoms with Crippen molar-refractivity contribution in [3.8, 4) is 0 Å². The second-order valence-corrected chi connectivity index (χ2v) is 9.65. The Kier molecular flexibility index (Phi) is 11.1. The van der Waals surface area contributed by atoms with Crippen LogP contribution in [0.1, 0.15) is 48.5 Å². The number of ether oxygens (including phenoxy) is 1. The molecular formula is C22H44N6O3. The third kappa shape index (κ3) is 11.2. The summed E-state index contributed by atoms with van der Waals surface area (Å²) in [5.74, 6) is 1.17. The lowest BCUT2D eigenvalue weighted by Gasteiger charge is -2.36. The fraction of sp³-hybridized carbons (Fsp3) is 0.864. The van der Waals surface area contributed by atoms with Gasteiger partial charge in [0.05, 0.1) is 6.54 Å². The van der Waals surface area contributed by atoms with E-state index in [-0.39, 0.29) is 24.0 Å². The van der Waals surface area contributed by atoms with Crippen LogP contribution in [0.25, 0.3) is 0 Å². The largest absolute Gasteiger partial charge is 0.444 e. The van der Waals surface area contributed by atoms with Crippen molar-refractivity contribution in [1.29, 1.82) is 0 Å². The molecule has 0 aromatic rings. The van der Waals surface area contributed by atoms with E-state index in [1.165, 1.54) is 0 Å².